The molecule has 0 fully saturated rings. The van der Waals surface area contributed by atoms with Crippen LogP contribution in [0.5, 0.6) is 0 Å². The fourth-order valence-corrected chi connectivity index (χ4v) is 2.48. The molecule has 0 aliphatic carbocycles. The first-order valence-electron chi connectivity index (χ1n) is 6.84. The highest BCUT2D eigenvalue weighted by Gasteiger charge is 2.30. The van der Waals surface area contributed by atoms with Crippen molar-refractivity contribution >= 4 is 11.8 Å². The van der Waals surface area contributed by atoms with Gasteiger partial charge >= 0.3 is 6.18 Å². The second-order valence-electron chi connectivity index (χ2n) is 4.79. The summed E-state index contributed by atoms with van der Waals surface area (Å²) in [7, 11) is 0. The number of benzene rings is 1. The maximum Gasteiger partial charge on any atom is 0.416 e. The van der Waals surface area contributed by atoms with Crippen LogP contribution in [-0.4, -0.2) is 26.2 Å². The second-order valence-corrected chi connectivity index (χ2v) is 5.56. The van der Waals surface area contributed by atoms with E-state index in [1.165, 1.54) is 30.2 Å². The first-order chi connectivity index (χ1) is 11.5. The van der Waals surface area contributed by atoms with Gasteiger partial charge in [0, 0.05) is 23.5 Å². The van der Waals surface area contributed by atoms with Gasteiger partial charge in [0.15, 0.2) is 5.16 Å². The Bertz CT molecular complexity index is 836. The first kappa shape index (κ1) is 16.4. The highest BCUT2D eigenvalue weighted by Crippen LogP contribution is 2.33. The fraction of sp³-hybridized carbons (Fsp3) is 0.125. The van der Waals surface area contributed by atoms with Gasteiger partial charge in [-0.25, -0.2) is 19.9 Å². The van der Waals surface area contributed by atoms with Crippen LogP contribution >= 0.6 is 11.8 Å². The molecule has 0 atom stereocenters. The summed E-state index contributed by atoms with van der Waals surface area (Å²) in [6.07, 6.45) is 2.06. The lowest BCUT2D eigenvalue weighted by molar-refractivity contribution is -0.137. The number of rotatable bonds is 3. The Morgan fingerprint density at radius 1 is 1.00 bits per heavy atom. The van der Waals surface area contributed by atoms with Crippen molar-refractivity contribution in [2.75, 3.05) is 6.26 Å². The number of hydrogen-bond donors (Lipinski definition) is 0. The normalized spacial score (nSPS) is 11.5. The second kappa shape index (κ2) is 6.56. The SMILES string of the molecule is CSc1ncc(-c2ccncn2)c(-c2ccc(C(F)(F)F)cc2)n1. The van der Waals surface area contributed by atoms with Crippen LogP contribution in [0.2, 0.25) is 0 Å². The molecule has 0 amide bonds. The average Bonchev–Trinajstić information content (AvgIpc) is 2.61. The van der Waals surface area contributed by atoms with Gasteiger partial charge in [0.1, 0.15) is 6.33 Å². The Morgan fingerprint density at radius 3 is 2.33 bits per heavy atom. The molecule has 0 aliphatic heterocycles. The summed E-state index contributed by atoms with van der Waals surface area (Å²) in [6, 6.07) is 6.59. The number of hydrogen-bond acceptors (Lipinski definition) is 5. The Labute approximate surface area is 140 Å². The van der Waals surface area contributed by atoms with Crippen molar-refractivity contribution in [3.8, 4) is 22.5 Å². The Balaban J connectivity index is 2.12. The fourth-order valence-electron chi connectivity index (χ4n) is 2.14. The molecule has 0 spiro atoms. The predicted molar refractivity (Wildman–Crippen MR) is 85.3 cm³/mol. The van der Waals surface area contributed by atoms with Crippen molar-refractivity contribution in [2.45, 2.75) is 11.3 Å². The van der Waals surface area contributed by atoms with Crippen molar-refractivity contribution < 1.29 is 13.2 Å². The molecular weight excluding hydrogens is 337 g/mol. The molecule has 0 saturated carbocycles. The largest absolute Gasteiger partial charge is 0.416 e. The molecule has 0 aliphatic rings. The van der Waals surface area contributed by atoms with Crippen molar-refractivity contribution in [3.05, 3.63) is 54.6 Å². The van der Waals surface area contributed by atoms with Crippen LogP contribution in [0.25, 0.3) is 22.5 Å². The molecule has 2 heterocycles. The number of halogens is 3. The van der Waals surface area contributed by atoms with E-state index in [0.717, 1.165) is 12.1 Å². The van der Waals surface area contributed by atoms with Crippen molar-refractivity contribution in [1.29, 1.82) is 0 Å². The summed E-state index contributed by atoms with van der Waals surface area (Å²) in [5.41, 5.74) is 1.63. The third kappa shape index (κ3) is 3.38. The average molecular weight is 348 g/mol. The van der Waals surface area contributed by atoms with Crippen LogP contribution < -0.4 is 0 Å². The van der Waals surface area contributed by atoms with E-state index in [4.69, 9.17) is 0 Å². The summed E-state index contributed by atoms with van der Waals surface area (Å²) < 4.78 is 38.2. The summed E-state index contributed by atoms with van der Waals surface area (Å²) in [5, 5.41) is 0.530. The van der Waals surface area contributed by atoms with Crippen molar-refractivity contribution in [3.63, 3.8) is 0 Å². The van der Waals surface area contributed by atoms with E-state index >= 15 is 0 Å². The van der Waals surface area contributed by atoms with E-state index < -0.39 is 11.7 Å². The molecule has 24 heavy (non-hydrogen) atoms. The van der Waals surface area contributed by atoms with Crippen LogP contribution in [0.1, 0.15) is 5.56 Å². The highest BCUT2D eigenvalue weighted by atomic mass is 32.2. The zero-order valence-electron chi connectivity index (χ0n) is 12.4. The minimum absolute atomic E-state index is 0.529. The predicted octanol–water partition coefficient (Wildman–Crippen LogP) is 4.34. The third-order valence-electron chi connectivity index (χ3n) is 3.29. The molecular formula is C16H11F3N4S. The number of thioether (sulfide) groups is 1. The van der Waals surface area contributed by atoms with Gasteiger partial charge in [-0.1, -0.05) is 23.9 Å². The van der Waals surface area contributed by atoms with Gasteiger partial charge < -0.3 is 0 Å². The van der Waals surface area contributed by atoms with Crippen molar-refractivity contribution in [2.24, 2.45) is 0 Å². The molecule has 0 N–H and O–H groups in total. The molecule has 0 saturated heterocycles. The zero-order valence-corrected chi connectivity index (χ0v) is 13.3. The van der Waals surface area contributed by atoms with Crippen LogP contribution in [0.3, 0.4) is 0 Å². The van der Waals surface area contributed by atoms with E-state index in [9.17, 15) is 13.2 Å². The molecule has 2 aromatic heterocycles. The quantitative estimate of drug-likeness (QED) is 0.520. The Kier molecular flexibility index (Phi) is 4.48. The maximum absolute atomic E-state index is 12.7. The third-order valence-corrected chi connectivity index (χ3v) is 3.85. The van der Waals surface area contributed by atoms with Crippen LogP contribution in [0, 0.1) is 0 Å². The van der Waals surface area contributed by atoms with Gasteiger partial charge in [0.2, 0.25) is 0 Å². The molecule has 3 aromatic rings. The molecule has 0 bridgehead atoms. The molecule has 122 valence electrons. The highest BCUT2D eigenvalue weighted by molar-refractivity contribution is 7.98. The van der Waals surface area contributed by atoms with E-state index in [1.807, 2.05) is 6.26 Å². The van der Waals surface area contributed by atoms with Crippen LogP contribution in [0.15, 0.2) is 54.2 Å². The standard InChI is InChI=1S/C16H11F3N4S/c1-24-15-21-8-12(13-6-7-20-9-22-13)14(23-15)10-2-4-11(5-3-10)16(17,18)19/h2-9H,1H3. The summed E-state index contributed by atoms with van der Waals surface area (Å²) >= 11 is 1.35. The lowest BCUT2D eigenvalue weighted by atomic mass is 10.0. The van der Waals surface area contributed by atoms with Gasteiger partial charge in [-0.2, -0.15) is 13.2 Å². The van der Waals surface area contributed by atoms with E-state index in [1.54, 1.807) is 18.5 Å². The zero-order chi connectivity index (χ0) is 17.2. The van der Waals surface area contributed by atoms with Gasteiger partial charge in [0.05, 0.1) is 17.0 Å². The lowest BCUT2D eigenvalue weighted by Crippen LogP contribution is -2.04. The van der Waals surface area contributed by atoms with E-state index in [0.29, 0.717) is 27.7 Å². The van der Waals surface area contributed by atoms with Gasteiger partial charge in [-0.3, -0.25) is 0 Å². The molecule has 0 unspecified atom stereocenters. The number of aromatic nitrogens is 4. The van der Waals surface area contributed by atoms with E-state index in [2.05, 4.69) is 19.9 Å². The topological polar surface area (TPSA) is 51.6 Å². The lowest BCUT2D eigenvalue weighted by Gasteiger charge is -2.11. The molecule has 1 aromatic carbocycles. The van der Waals surface area contributed by atoms with Crippen molar-refractivity contribution in [1.82, 2.24) is 19.9 Å². The Hall–Kier alpha value is -2.48. The number of alkyl halides is 3. The minimum Gasteiger partial charge on any atom is -0.245 e. The molecule has 3 rings (SSSR count). The monoisotopic (exact) mass is 348 g/mol. The van der Waals surface area contributed by atoms with Gasteiger partial charge in [0.25, 0.3) is 0 Å². The maximum atomic E-state index is 12.7. The minimum atomic E-state index is -4.37. The van der Waals surface area contributed by atoms with E-state index in [-0.39, 0.29) is 0 Å². The Morgan fingerprint density at radius 2 is 1.75 bits per heavy atom. The van der Waals surface area contributed by atoms with Crippen LogP contribution in [0.4, 0.5) is 13.2 Å². The summed E-state index contributed by atoms with van der Waals surface area (Å²) in [4.78, 5) is 16.7. The first-order valence-corrected chi connectivity index (χ1v) is 8.06. The molecule has 0 radical (unpaired) electrons. The summed E-state index contributed by atoms with van der Waals surface area (Å²) in [5.74, 6) is 0. The molecule has 8 heteroatoms. The smallest absolute Gasteiger partial charge is 0.245 e. The molecule has 4 nitrogen and oxygen atoms in total. The summed E-state index contributed by atoms with van der Waals surface area (Å²) in [6.45, 7) is 0. The number of nitrogens with zero attached hydrogens (tertiary/aromatic N) is 4. The van der Waals surface area contributed by atoms with Gasteiger partial charge in [-0.15, -0.1) is 0 Å². The van der Waals surface area contributed by atoms with Crippen LogP contribution in [-0.2, 0) is 6.18 Å². The van der Waals surface area contributed by atoms with Gasteiger partial charge in [-0.05, 0) is 24.5 Å².